The molecule has 0 aliphatic heterocycles. The average molecular weight is 283 g/mol. The van der Waals surface area contributed by atoms with Crippen LogP contribution in [0.15, 0.2) is 12.1 Å². The molecule has 0 fully saturated rings. The number of hydrogen-bond donors (Lipinski definition) is 1. The van der Waals surface area contributed by atoms with Gasteiger partial charge in [-0.25, -0.2) is 4.79 Å². The number of nitriles is 1. The lowest BCUT2D eigenvalue weighted by Gasteiger charge is -2.18. The predicted molar refractivity (Wildman–Crippen MR) is 48.1 cm³/mol. The van der Waals surface area contributed by atoms with Gasteiger partial charge in [0.2, 0.25) is 0 Å². The zero-order chi connectivity index (χ0) is 15.0. The van der Waals surface area contributed by atoms with Crippen molar-refractivity contribution >= 4 is 5.97 Å². The predicted octanol–water partition coefficient (Wildman–Crippen LogP) is 3.29. The number of nitrogens with zero attached hydrogens (tertiary/aromatic N) is 1. The minimum absolute atomic E-state index is 0.0355. The van der Waals surface area contributed by atoms with Crippen molar-refractivity contribution < 1.29 is 36.2 Å². The Hall–Kier alpha value is -2.24. The van der Waals surface area contributed by atoms with Crippen LogP contribution in [0.3, 0.4) is 0 Å². The molecule has 0 amide bonds. The van der Waals surface area contributed by atoms with E-state index >= 15 is 0 Å². The van der Waals surface area contributed by atoms with E-state index in [1.165, 1.54) is 0 Å². The number of aromatic carboxylic acids is 1. The Morgan fingerprint density at radius 3 is 1.95 bits per heavy atom. The third-order valence-electron chi connectivity index (χ3n) is 2.13. The van der Waals surface area contributed by atoms with E-state index in [4.69, 9.17) is 10.4 Å². The Labute approximate surface area is 101 Å². The van der Waals surface area contributed by atoms with E-state index in [2.05, 4.69) is 0 Å². The van der Waals surface area contributed by atoms with Gasteiger partial charge in [-0.1, -0.05) is 0 Å². The van der Waals surface area contributed by atoms with Crippen molar-refractivity contribution in [1.29, 1.82) is 5.26 Å². The van der Waals surface area contributed by atoms with Crippen molar-refractivity contribution in [2.45, 2.75) is 12.4 Å². The van der Waals surface area contributed by atoms with Crippen molar-refractivity contribution in [3.8, 4) is 6.07 Å². The molecule has 0 atom stereocenters. The van der Waals surface area contributed by atoms with Crippen molar-refractivity contribution in [3.05, 3.63) is 34.4 Å². The second-order valence-electron chi connectivity index (χ2n) is 3.32. The smallest absolute Gasteiger partial charge is 0.417 e. The largest absolute Gasteiger partial charge is 0.478 e. The molecule has 0 saturated carbocycles. The first-order valence-corrected chi connectivity index (χ1v) is 4.45. The van der Waals surface area contributed by atoms with Crippen LogP contribution in [0.25, 0.3) is 0 Å². The van der Waals surface area contributed by atoms with Gasteiger partial charge in [0, 0.05) is 0 Å². The van der Waals surface area contributed by atoms with Crippen molar-refractivity contribution in [2.75, 3.05) is 0 Å². The number of hydrogen-bond acceptors (Lipinski definition) is 2. The zero-order valence-electron chi connectivity index (χ0n) is 8.73. The maximum atomic E-state index is 12.6. The minimum atomic E-state index is -5.55. The van der Waals surface area contributed by atoms with E-state index in [1.807, 2.05) is 0 Å². The van der Waals surface area contributed by atoms with Crippen LogP contribution in [0.2, 0.25) is 0 Å². The van der Waals surface area contributed by atoms with Gasteiger partial charge in [0.05, 0.1) is 22.3 Å². The molecule has 0 aliphatic rings. The van der Waals surface area contributed by atoms with Crippen LogP contribution >= 0.6 is 0 Å². The molecule has 3 nitrogen and oxygen atoms in total. The van der Waals surface area contributed by atoms with Crippen LogP contribution in [-0.4, -0.2) is 11.1 Å². The van der Waals surface area contributed by atoms with Gasteiger partial charge in [-0.3, -0.25) is 0 Å². The molecule has 1 N–H and O–H groups in total. The Kier molecular flexibility index (Phi) is 3.48. The van der Waals surface area contributed by atoms with Crippen LogP contribution in [0, 0.1) is 11.3 Å². The maximum absolute atomic E-state index is 12.6. The van der Waals surface area contributed by atoms with Gasteiger partial charge >= 0.3 is 18.3 Å². The van der Waals surface area contributed by atoms with Gasteiger partial charge in [0.15, 0.2) is 0 Å². The average Bonchev–Trinajstić information content (AvgIpc) is 2.24. The van der Waals surface area contributed by atoms with E-state index in [9.17, 15) is 31.1 Å². The summed E-state index contributed by atoms with van der Waals surface area (Å²) in [5.74, 6) is -2.25. The molecule has 0 saturated heterocycles. The molecular formula is C10H3F6NO2. The third kappa shape index (κ3) is 2.78. The normalized spacial score (nSPS) is 12.1. The third-order valence-corrected chi connectivity index (χ3v) is 2.13. The van der Waals surface area contributed by atoms with Crippen LogP contribution in [0.1, 0.15) is 27.0 Å². The lowest BCUT2D eigenvalue weighted by molar-refractivity contribution is -0.162. The molecule has 9 heteroatoms. The Balaban J connectivity index is 3.87. The summed E-state index contributed by atoms with van der Waals surface area (Å²) in [6.45, 7) is 0. The van der Waals surface area contributed by atoms with Crippen LogP contribution in [-0.2, 0) is 12.4 Å². The first-order chi connectivity index (χ1) is 8.50. The summed E-state index contributed by atoms with van der Waals surface area (Å²) >= 11 is 0. The minimum Gasteiger partial charge on any atom is -0.478 e. The van der Waals surface area contributed by atoms with Crippen LogP contribution < -0.4 is 0 Å². The van der Waals surface area contributed by atoms with Crippen LogP contribution in [0.5, 0.6) is 0 Å². The highest BCUT2D eigenvalue weighted by Crippen LogP contribution is 2.42. The number of carboxylic acids is 1. The molecule has 1 rings (SSSR count). The fourth-order valence-corrected chi connectivity index (χ4v) is 1.45. The van der Waals surface area contributed by atoms with Gasteiger partial charge in [-0.05, 0) is 12.1 Å². The van der Waals surface area contributed by atoms with Crippen molar-refractivity contribution in [3.63, 3.8) is 0 Å². The van der Waals surface area contributed by atoms with Crippen LogP contribution in [0.4, 0.5) is 26.3 Å². The first kappa shape index (κ1) is 14.8. The van der Waals surface area contributed by atoms with Gasteiger partial charge in [0.1, 0.15) is 6.07 Å². The highest BCUT2D eigenvalue weighted by molar-refractivity contribution is 5.93. The number of carboxylic acid groups (broad SMARTS) is 1. The highest BCUT2D eigenvalue weighted by Gasteiger charge is 2.46. The first-order valence-electron chi connectivity index (χ1n) is 4.45. The SMILES string of the molecule is N#Cc1ccc(C(F)(F)F)c(C(F)(F)F)c1C(=O)O. The molecule has 1 aromatic rings. The van der Waals surface area contributed by atoms with Crippen molar-refractivity contribution in [2.24, 2.45) is 0 Å². The summed E-state index contributed by atoms with van der Waals surface area (Å²) in [4.78, 5) is 10.7. The molecule has 19 heavy (non-hydrogen) atoms. The lowest BCUT2D eigenvalue weighted by Crippen LogP contribution is -2.22. The summed E-state index contributed by atoms with van der Waals surface area (Å²) < 4.78 is 75.4. The lowest BCUT2D eigenvalue weighted by atomic mass is 9.95. The number of rotatable bonds is 1. The molecular weight excluding hydrogens is 280 g/mol. The maximum Gasteiger partial charge on any atom is 0.417 e. The Morgan fingerprint density at radius 1 is 1.11 bits per heavy atom. The van der Waals surface area contributed by atoms with Crippen molar-refractivity contribution in [1.82, 2.24) is 0 Å². The number of alkyl halides is 6. The monoisotopic (exact) mass is 283 g/mol. The van der Waals surface area contributed by atoms with E-state index in [0.29, 0.717) is 6.07 Å². The molecule has 0 spiro atoms. The summed E-state index contributed by atoms with van der Waals surface area (Å²) in [7, 11) is 0. The van der Waals surface area contributed by atoms with E-state index in [1.54, 1.807) is 0 Å². The molecule has 0 aromatic heterocycles. The van der Waals surface area contributed by atoms with Gasteiger partial charge in [0.25, 0.3) is 0 Å². The quantitative estimate of drug-likeness (QED) is 0.804. The topological polar surface area (TPSA) is 61.1 Å². The molecule has 0 heterocycles. The Bertz CT molecular complexity index is 567. The van der Waals surface area contributed by atoms with Gasteiger partial charge in [-0.2, -0.15) is 31.6 Å². The summed E-state index contributed by atoms with van der Waals surface area (Å²) in [6.07, 6.45) is -10.9. The molecule has 0 bridgehead atoms. The molecule has 0 unspecified atom stereocenters. The molecule has 1 aromatic carbocycles. The fourth-order valence-electron chi connectivity index (χ4n) is 1.45. The number of carbonyl (C=O) groups is 1. The van der Waals surface area contributed by atoms with E-state index in [0.717, 1.165) is 6.07 Å². The second kappa shape index (κ2) is 4.46. The molecule has 102 valence electrons. The number of halogens is 6. The molecule has 0 aliphatic carbocycles. The Morgan fingerprint density at radius 2 is 1.63 bits per heavy atom. The molecule has 0 radical (unpaired) electrons. The second-order valence-corrected chi connectivity index (χ2v) is 3.32. The summed E-state index contributed by atoms with van der Waals surface area (Å²) in [5, 5.41) is 17.1. The standard InChI is InChI=1S/C10H3F6NO2/c11-9(12,13)5-2-1-4(3-17)6(8(18)19)7(5)10(14,15)16/h1-2H,(H,18,19). The summed E-state index contributed by atoms with van der Waals surface area (Å²) in [6, 6.07) is 1.55. The van der Waals surface area contributed by atoms with E-state index < -0.39 is 40.6 Å². The number of benzene rings is 1. The van der Waals surface area contributed by atoms with Gasteiger partial charge < -0.3 is 5.11 Å². The zero-order valence-corrected chi connectivity index (χ0v) is 8.73. The van der Waals surface area contributed by atoms with E-state index in [-0.39, 0.29) is 6.07 Å². The highest BCUT2D eigenvalue weighted by atomic mass is 19.4. The fraction of sp³-hybridized carbons (Fsp3) is 0.200. The summed E-state index contributed by atoms with van der Waals surface area (Å²) in [5.41, 5.74) is -7.21. The van der Waals surface area contributed by atoms with Gasteiger partial charge in [-0.15, -0.1) is 0 Å².